The van der Waals surface area contributed by atoms with E-state index in [9.17, 15) is 27.9 Å². The Balaban J connectivity index is 1.55. The van der Waals surface area contributed by atoms with Gasteiger partial charge in [-0.15, -0.1) is 5.10 Å². The van der Waals surface area contributed by atoms with Crippen LogP contribution < -0.4 is 4.90 Å². The molecule has 1 N–H and O–H groups in total. The number of piperidine rings is 1. The third-order valence-corrected chi connectivity index (χ3v) is 7.85. The van der Waals surface area contributed by atoms with E-state index >= 15 is 0 Å². The fraction of sp³-hybridized carbons (Fsp3) is 0.542. The van der Waals surface area contributed by atoms with Crippen molar-refractivity contribution in [2.24, 2.45) is 5.92 Å². The van der Waals surface area contributed by atoms with E-state index in [4.69, 9.17) is 11.6 Å². The van der Waals surface area contributed by atoms with Gasteiger partial charge in [-0.3, -0.25) is 9.59 Å². The molecule has 2 aliphatic carbocycles. The number of hydrogen-bond acceptors (Lipinski definition) is 4. The van der Waals surface area contributed by atoms with E-state index < -0.39 is 29.4 Å². The average molecular weight is 496 g/mol. The van der Waals surface area contributed by atoms with Crippen molar-refractivity contribution in [2.75, 3.05) is 18.0 Å². The second-order valence-electron chi connectivity index (χ2n) is 9.51. The van der Waals surface area contributed by atoms with Gasteiger partial charge in [0.15, 0.2) is 5.82 Å². The molecule has 0 atom stereocenters. The molecule has 1 aromatic heterocycles. The van der Waals surface area contributed by atoms with Gasteiger partial charge in [0.1, 0.15) is 0 Å². The maximum absolute atomic E-state index is 13.9. The van der Waals surface area contributed by atoms with Crippen LogP contribution in [-0.2, 0) is 23.1 Å². The van der Waals surface area contributed by atoms with Gasteiger partial charge in [-0.05, 0) is 63.0 Å². The molecule has 2 heterocycles. The van der Waals surface area contributed by atoms with Gasteiger partial charge in [0.25, 0.3) is 5.91 Å². The highest BCUT2D eigenvalue weighted by atomic mass is 35.5. The van der Waals surface area contributed by atoms with E-state index in [0.717, 1.165) is 24.8 Å². The number of carbonyl (C=O) groups is 2. The fourth-order valence-electron chi connectivity index (χ4n) is 5.42. The monoisotopic (exact) mass is 495 g/mol. The quantitative estimate of drug-likeness (QED) is 0.646. The smallest absolute Gasteiger partial charge is 0.398 e. The molecular weight excluding hydrogens is 471 g/mol. The first kappa shape index (κ1) is 23.2. The van der Waals surface area contributed by atoms with Crippen LogP contribution in [0.2, 0.25) is 5.02 Å². The Hall–Kier alpha value is -2.55. The second kappa shape index (κ2) is 8.29. The normalized spacial score (nSPS) is 20.2. The van der Waals surface area contributed by atoms with Crippen LogP contribution in [0, 0.1) is 5.92 Å². The van der Waals surface area contributed by atoms with Crippen molar-refractivity contribution in [1.29, 1.82) is 0 Å². The van der Waals surface area contributed by atoms with Crippen molar-refractivity contribution in [2.45, 2.75) is 63.0 Å². The van der Waals surface area contributed by atoms with E-state index in [1.54, 1.807) is 0 Å². The first-order valence-corrected chi connectivity index (χ1v) is 12.0. The zero-order valence-electron chi connectivity index (χ0n) is 18.5. The highest BCUT2D eigenvalue weighted by Crippen LogP contribution is 2.60. The molecule has 1 saturated carbocycles. The number of halogens is 4. The lowest BCUT2D eigenvalue weighted by Crippen LogP contribution is -2.37. The molecule has 1 aromatic carbocycles. The van der Waals surface area contributed by atoms with Gasteiger partial charge in [0, 0.05) is 18.7 Å². The van der Waals surface area contributed by atoms with Crippen molar-refractivity contribution >= 4 is 29.3 Å². The Morgan fingerprint density at radius 2 is 1.79 bits per heavy atom. The summed E-state index contributed by atoms with van der Waals surface area (Å²) in [7, 11) is 0. The maximum atomic E-state index is 13.9. The van der Waals surface area contributed by atoms with Crippen LogP contribution in [0.1, 0.15) is 65.7 Å². The molecule has 182 valence electrons. The standard InChI is InChI=1S/C24H25ClF3N3O3/c25-17-6-3-5-16(23(10-11-23)24(26,27)28)19(17)21(32)31-18-7-2-1-4-15(18)20(29-31)30-12-8-14(9-13-30)22(33)34/h3,5-6,14H,1-2,4,7-13H2,(H,33,34). The van der Waals surface area contributed by atoms with Crippen LogP contribution in [-0.4, -0.2) is 46.0 Å². The van der Waals surface area contributed by atoms with Crippen LogP contribution in [0.15, 0.2) is 18.2 Å². The van der Waals surface area contributed by atoms with Crippen LogP contribution in [0.4, 0.5) is 19.0 Å². The molecular formula is C24H25ClF3N3O3. The minimum atomic E-state index is -4.48. The van der Waals surface area contributed by atoms with Crippen molar-refractivity contribution in [3.8, 4) is 0 Å². The van der Waals surface area contributed by atoms with Crippen LogP contribution >= 0.6 is 11.6 Å². The SMILES string of the molecule is O=C(O)C1CCN(c2nn(C(=O)c3c(Cl)cccc3C3(C(F)(F)F)CC3)c3c2CCCC3)CC1. The molecule has 5 rings (SSSR count). The van der Waals surface area contributed by atoms with Gasteiger partial charge in [0.05, 0.1) is 27.6 Å². The molecule has 3 aliphatic rings. The Kier molecular flexibility index (Phi) is 5.66. The number of aliphatic carboxylic acids is 1. The lowest BCUT2D eigenvalue weighted by atomic mass is 9.90. The van der Waals surface area contributed by atoms with Crippen LogP contribution in [0.3, 0.4) is 0 Å². The van der Waals surface area contributed by atoms with Gasteiger partial charge < -0.3 is 10.0 Å². The summed E-state index contributed by atoms with van der Waals surface area (Å²) in [5.41, 5.74) is -0.613. The number of benzene rings is 1. The summed E-state index contributed by atoms with van der Waals surface area (Å²) in [6.07, 6.45) is -0.551. The number of fused-ring (bicyclic) bond motifs is 1. The van der Waals surface area contributed by atoms with Crippen molar-refractivity contribution < 1.29 is 27.9 Å². The number of carboxylic acid groups (broad SMARTS) is 1. The summed E-state index contributed by atoms with van der Waals surface area (Å²) in [6.45, 7) is 1.01. The number of nitrogens with zero attached hydrogens (tertiary/aromatic N) is 3. The number of anilines is 1. The number of rotatable bonds is 4. The molecule has 10 heteroatoms. The molecule has 0 spiro atoms. The minimum Gasteiger partial charge on any atom is -0.481 e. The number of hydrogen-bond donors (Lipinski definition) is 1. The summed E-state index contributed by atoms with van der Waals surface area (Å²) >= 11 is 6.35. The van der Waals surface area contributed by atoms with Crippen molar-refractivity contribution in [1.82, 2.24) is 9.78 Å². The molecule has 0 unspecified atom stereocenters. The number of aromatic nitrogens is 2. The number of carboxylic acids is 1. The highest BCUT2D eigenvalue weighted by molar-refractivity contribution is 6.34. The van der Waals surface area contributed by atoms with E-state index in [1.807, 2.05) is 4.90 Å². The molecule has 2 fully saturated rings. The van der Waals surface area contributed by atoms with Gasteiger partial charge in [-0.1, -0.05) is 23.7 Å². The summed E-state index contributed by atoms with van der Waals surface area (Å²) in [5, 5.41) is 13.9. The topological polar surface area (TPSA) is 75.4 Å². The van der Waals surface area contributed by atoms with E-state index in [2.05, 4.69) is 5.10 Å². The zero-order chi connectivity index (χ0) is 24.3. The lowest BCUT2D eigenvalue weighted by molar-refractivity contribution is -0.160. The molecule has 6 nitrogen and oxygen atoms in total. The maximum Gasteiger partial charge on any atom is 0.398 e. The summed E-state index contributed by atoms with van der Waals surface area (Å²) < 4.78 is 43.1. The summed E-state index contributed by atoms with van der Waals surface area (Å²) in [6, 6.07) is 4.25. The van der Waals surface area contributed by atoms with Gasteiger partial charge >= 0.3 is 12.1 Å². The minimum absolute atomic E-state index is 0.0121. The van der Waals surface area contributed by atoms with E-state index in [0.29, 0.717) is 43.9 Å². The summed E-state index contributed by atoms with van der Waals surface area (Å²) in [5.74, 6) is -1.22. The third kappa shape index (κ3) is 3.68. The molecule has 1 aliphatic heterocycles. The van der Waals surface area contributed by atoms with Crippen molar-refractivity contribution in [3.05, 3.63) is 45.6 Å². The largest absolute Gasteiger partial charge is 0.481 e. The fourth-order valence-corrected chi connectivity index (χ4v) is 5.67. The van der Waals surface area contributed by atoms with E-state index in [-0.39, 0.29) is 29.0 Å². The first-order chi connectivity index (χ1) is 16.1. The van der Waals surface area contributed by atoms with Gasteiger partial charge in [0.2, 0.25) is 0 Å². The van der Waals surface area contributed by atoms with Gasteiger partial charge in [-0.2, -0.15) is 17.9 Å². The highest BCUT2D eigenvalue weighted by Gasteiger charge is 2.65. The van der Waals surface area contributed by atoms with Gasteiger partial charge in [-0.25, -0.2) is 0 Å². The second-order valence-corrected chi connectivity index (χ2v) is 9.92. The molecule has 2 aromatic rings. The Morgan fingerprint density at radius 1 is 1.12 bits per heavy atom. The predicted molar refractivity (Wildman–Crippen MR) is 120 cm³/mol. The zero-order valence-corrected chi connectivity index (χ0v) is 19.3. The van der Waals surface area contributed by atoms with E-state index in [1.165, 1.54) is 22.9 Å². The average Bonchev–Trinajstić information content (AvgIpc) is 3.54. The lowest BCUT2D eigenvalue weighted by Gasteiger charge is -2.31. The Labute approximate surface area is 199 Å². The third-order valence-electron chi connectivity index (χ3n) is 7.53. The molecule has 0 bridgehead atoms. The number of carbonyl (C=O) groups excluding carboxylic acids is 1. The first-order valence-electron chi connectivity index (χ1n) is 11.6. The molecule has 0 amide bonds. The number of alkyl halides is 3. The Bertz CT molecular complexity index is 1150. The predicted octanol–water partition coefficient (Wildman–Crippen LogP) is 5.00. The van der Waals surface area contributed by atoms with Crippen molar-refractivity contribution in [3.63, 3.8) is 0 Å². The molecule has 0 radical (unpaired) electrons. The molecule has 34 heavy (non-hydrogen) atoms. The van der Waals surface area contributed by atoms with Crippen LogP contribution in [0.25, 0.3) is 0 Å². The molecule has 1 saturated heterocycles. The Morgan fingerprint density at radius 3 is 2.41 bits per heavy atom. The van der Waals surface area contributed by atoms with Crippen LogP contribution in [0.5, 0.6) is 0 Å². The summed E-state index contributed by atoms with van der Waals surface area (Å²) in [4.78, 5) is 27.1.